The summed E-state index contributed by atoms with van der Waals surface area (Å²) in [6.45, 7) is 1.07. The maximum Gasteiger partial charge on any atom is 0.530 e. The Balaban J connectivity index is 1.63. The third-order valence-electron chi connectivity index (χ3n) is 4.56. The van der Waals surface area contributed by atoms with Gasteiger partial charge in [0, 0.05) is 22.4 Å². The van der Waals surface area contributed by atoms with Gasteiger partial charge in [-0.3, -0.25) is 9.05 Å². The lowest BCUT2D eigenvalue weighted by Crippen LogP contribution is -2.47. The van der Waals surface area contributed by atoms with Gasteiger partial charge in [-0.15, -0.1) is 0 Å². The highest BCUT2D eigenvalue weighted by Crippen LogP contribution is 2.55. The SMILES string of the molecule is [2H]C([2H])(OP1(=O)OCc2cc(Cl)ccc2O1)[C@@]1(F)O[C@@]([2H])(N2C=C(C)C(=S)NC2=C)[C@H](O)[C@@H]1O. The number of hydrogen-bond acceptors (Lipinski definition) is 9. The fraction of sp³-hybridized carbons (Fsp3) is 0.389. The zero-order valence-electron chi connectivity index (χ0n) is 18.9. The second-order valence-corrected chi connectivity index (χ2v) is 9.18. The Hall–Kier alpha value is -1.56. The minimum Gasteiger partial charge on any atom is -0.404 e. The Morgan fingerprint density at radius 1 is 1.61 bits per heavy atom. The smallest absolute Gasteiger partial charge is 0.404 e. The molecule has 13 heteroatoms. The van der Waals surface area contributed by atoms with Gasteiger partial charge >= 0.3 is 7.82 Å². The third kappa shape index (κ3) is 4.24. The summed E-state index contributed by atoms with van der Waals surface area (Å²) in [7, 11) is -4.79. The number of phosphoric ester groups is 1. The zero-order chi connectivity index (χ0) is 25.3. The Morgan fingerprint density at radius 3 is 3.10 bits per heavy atom. The molecule has 3 aliphatic rings. The topological polar surface area (TPSA) is 110 Å². The van der Waals surface area contributed by atoms with E-state index in [1.54, 1.807) is 6.92 Å². The van der Waals surface area contributed by atoms with Crippen molar-refractivity contribution in [2.75, 3.05) is 6.56 Å². The van der Waals surface area contributed by atoms with Crippen molar-refractivity contribution < 1.29 is 41.6 Å². The van der Waals surface area contributed by atoms with Gasteiger partial charge < -0.3 is 29.7 Å². The van der Waals surface area contributed by atoms with Crippen LogP contribution in [0.3, 0.4) is 0 Å². The molecule has 1 fully saturated rings. The number of hydrogen-bond donors (Lipinski definition) is 3. The number of thiocarbonyl (C=S) groups is 1. The Bertz CT molecular complexity index is 1160. The lowest BCUT2D eigenvalue weighted by molar-refractivity contribution is -0.207. The molecule has 31 heavy (non-hydrogen) atoms. The van der Waals surface area contributed by atoms with Crippen molar-refractivity contribution in [1.82, 2.24) is 10.2 Å². The van der Waals surface area contributed by atoms with E-state index in [1.165, 1.54) is 24.4 Å². The number of rotatable bonds is 4. The fourth-order valence-corrected chi connectivity index (χ4v) is 4.37. The zero-order valence-corrected chi connectivity index (χ0v) is 18.3. The number of fused-ring (bicyclic) bond motifs is 1. The van der Waals surface area contributed by atoms with E-state index in [0.717, 1.165) is 4.90 Å². The fourth-order valence-electron chi connectivity index (χ4n) is 2.91. The third-order valence-corrected chi connectivity index (χ3v) is 6.40. The van der Waals surface area contributed by atoms with Crippen LogP contribution in [-0.4, -0.2) is 50.9 Å². The summed E-state index contributed by atoms with van der Waals surface area (Å²) in [6, 6.07) is 4.21. The van der Waals surface area contributed by atoms with Crippen molar-refractivity contribution in [1.29, 1.82) is 0 Å². The van der Waals surface area contributed by atoms with Crippen LogP contribution in [0, 0.1) is 0 Å². The van der Waals surface area contributed by atoms with Crippen molar-refractivity contribution in [3.63, 3.8) is 0 Å². The molecule has 3 aliphatic heterocycles. The first-order valence-electron chi connectivity index (χ1n) is 10.3. The molecule has 4 rings (SSSR count). The molecular weight excluding hydrogens is 474 g/mol. The molecule has 0 aromatic heterocycles. The molecule has 3 N–H and O–H groups in total. The largest absolute Gasteiger partial charge is 0.530 e. The molecule has 0 aliphatic carbocycles. The number of benzene rings is 1. The van der Waals surface area contributed by atoms with Crippen molar-refractivity contribution in [2.45, 2.75) is 37.8 Å². The van der Waals surface area contributed by atoms with Crippen LogP contribution in [0.4, 0.5) is 4.39 Å². The summed E-state index contributed by atoms with van der Waals surface area (Å²) in [6.07, 6.45) is -6.62. The predicted molar refractivity (Wildman–Crippen MR) is 112 cm³/mol. The van der Waals surface area contributed by atoms with Gasteiger partial charge in [0.1, 0.15) is 35.3 Å². The second-order valence-electron chi connectivity index (χ2n) is 6.82. The Morgan fingerprint density at radius 2 is 2.35 bits per heavy atom. The van der Waals surface area contributed by atoms with Crippen LogP contribution in [0.2, 0.25) is 5.02 Å². The molecular formula is C18H19ClFN2O7PS. The van der Waals surface area contributed by atoms with E-state index in [9.17, 15) is 14.8 Å². The molecule has 5 atom stereocenters. The molecule has 9 nitrogen and oxygen atoms in total. The Labute approximate surface area is 191 Å². The lowest BCUT2D eigenvalue weighted by Gasteiger charge is -2.35. The Kier molecular flexibility index (Phi) is 4.95. The molecule has 1 aromatic rings. The van der Waals surface area contributed by atoms with E-state index in [2.05, 4.69) is 11.9 Å². The first-order valence-corrected chi connectivity index (χ1v) is 11.0. The molecule has 0 bridgehead atoms. The summed E-state index contributed by atoms with van der Waals surface area (Å²) in [4.78, 5) is 1.08. The van der Waals surface area contributed by atoms with Crippen LogP contribution >= 0.6 is 31.6 Å². The van der Waals surface area contributed by atoms with Crippen molar-refractivity contribution in [3.8, 4) is 5.75 Å². The average Bonchev–Trinajstić information content (AvgIpc) is 2.92. The number of nitrogens with zero attached hydrogens (tertiary/aromatic N) is 1. The van der Waals surface area contributed by atoms with Crippen LogP contribution in [0.25, 0.3) is 0 Å². The summed E-state index contributed by atoms with van der Waals surface area (Å²) >= 11 is 10.9. The van der Waals surface area contributed by atoms with E-state index in [1.807, 2.05) is 0 Å². The van der Waals surface area contributed by atoms with Gasteiger partial charge in [0.15, 0.2) is 6.20 Å². The van der Waals surface area contributed by atoms with Gasteiger partial charge in [0.2, 0.25) is 0 Å². The molecule has 0 radical (unpaired) electrons. The highest BCUT2D eigenvalue weighted by molar-refractivity contribution is 7.80. The number of aliphatic hydroxyl groups is 2. The molecule has 1 aromatic carbocycles. The van der Waals surface area contributed by atoms with E-state index in [-0.39, 0.29) is 23.2 Å². The van der Waals surface area contributed by atoms with Gasteiger partial charge in [0.05, 0.1) is 10.7 Å². The summed E-state index contributed by atoms with van der Waals surface area (Å²) in [5, 5.41) is 23.9. The summed E-state index contributed by atoms with van der Waals surface area (Å²) < 4.78 is 73.4. The first kappa shape index (κ1) is 19.0. The molecule has 0 saturated carbocycles. The minimum absolute atomic E-state index is 0.00211. The van der Waals surface area contributed by atoms with Crippen molar-refractivity contribution in [2.24, 2.45) is 0 Å². The van der Waals surface area contributed by atoms with Crippen LogP contribution in [-0.2, 0) is 25.0 Å². The van der Waals surface area contributed by atoms with Gasteiger partial charge in [-0.1, -0.05) is 30.4 Å². The molecule has 0 amide bonds. The van der Waals surface area contributed by atoms with E-state index in [4.69, 9.17) is 46.2 Å². The number of alkyl halides is 1. The van der Waals surface area contributed by atoms with Crippen molar-refractivity contribution >= 4 is 36.6 Å². The standard InChI is InChI=1S/C18H19ClFN2O7PS/c1-9-6-22(10(2)21-16(9)31)17-14(23)15(24)18(20,28-17)8-27-30(25)26-7-11-5-12(19)3-4-13(11)29-30/h3-6,14-15,17,23-24H,2,7-8H2,1H3,(H,21,31)/t14-,15+,17-,18-,30?/m1/s1/i8D2,17D. The van der Waals surface area contributed by atoms with Crippen LogP contribution in [0.5, 0.6) is 5.75 Å². The number of halogens is 2. The first-order chi connectivity index (χ1) is 15.6. The summed E-state index contributed by atoms with van der Waals surface area (Å²) in [5.74, 6) is -4.01. The number of ether oxygens (including phenoxy) is 1. The maximum absolute atomic E-state index is 15.9. The lowest BCUT2D eigenvalue weighted by atomic mass is 10.1. The van der Waals surface area contributed by atoms with Crippen molar-refractivity contribution in [3.05, 3.63) is 53.0 Å². The predicted octanol–water partition coefficient (Wildman–Crippen LogP) is 2.73. The van der Waals surface area contributed by atoms with Gasteiger partial charge in [-0.05, 0) is 25.1 Å². The summed E-state index contributed by atoms with van der Waals surface area (Å²) in [5.41, 5.74) is 0.772. The molecule has 1 saturated heterocycles. The quantitative estimate of drug-likeness (QED) is 0.426. The highest BCUT2D eigenvalue weighted by Gasteiger charge is 2.58. The van der Waals surface area contributed by atoms with Gasteiger partial charge in [-0.25, -0.2) is 8.96 Å². The molecule has 168 valence electrons. The van der Waals surface area contributed by atoms with Crippen LogP contribution in [0.15, 0.2) is 42.4 Å². The monoisotopic (exact) mass is 495 g/mol. The van der Waals surface area contributed by atoms with E-state index < -0.39 is 38.6 Å². The normalized spacial score (nSPS) is 39.6. The molecule has 1 unspecified atom stereocenters. The van der Waals surface area contributed by atoms with Gasteiger partial charge in [-0.2, -0.15) is 0 Å². The number of aliphatic hydroxyl groups excluding tert-OH is 2. The highest BCUT2D eigenvalue weighted by atomic mass is 35.5. The van der Waals surface area contributed by atoms with E-state index in [0.29, 0.717) is 16.2 Å². The van der Waals surface area contributed by atoms with Crippen LogP contribution < -0.4 is 9.84 Å². The second kappa shape index (κ2) is 8.09. The molecule has 0 spiro atoms. The van der Waals surface area contributed by atoms with E-state index >= 15 is 4.39 Å². The molecule has 3 heterocycles. The maximum atomic E-state index is 15.9. The number of nitrogens with one attached hydrogen (secondary N) is 1. The van der Waals surface area contributed by atoms with Crippen LogP contribution in [0.1, 0.15) is 16.6 Å². The number of phosphoric acid groups is 1. The average molecular weight is 496 g/mol. The minimum atomic E-state index is -4.79. The van der Waals surface area contributed by atoms with Gasteiger partial charge in [0.25, 0.3) is 5.85 Å².